The summed E-state index contributed by atoms with van der Waals surface area (Å²) in [5.41, 5.74) is -0.0103. The van der Waals surface area contributed by atoms with Crippen LogP contribution in [0.3, 0.4) is 0 Å². The molecule has 0 spiro atoms. The van der Waals surface area contributed by atoms with Crippen molar-refractivity contribution in [2.75, 3.05) is 6.61 Å². The minimum atomic E-state index is -0.0136. The van der Waals surface area contributed by atoms with Crippen molar-refractivity contribution >= 4 is 27.5 Å². The molecule has 18 heavy (non-hydrogen) atoms. The molecular weight excluding hydrogens is 260 g/mol. The number of unbranched alkanes of at least 4 members (excludes halogenated alkanes) is 5. The van der Waals surface area contributed by atoms with Crippen molar-refractivity contribution < 1.29 is 9.22 Å². The van der Waals surface area contributed by atoms with Gasteiger partial charge in [0.2, 0.25) is 9.76 Å². The lowest BCUT2D eigenvalue weighted by Gasteiger charge is -2.19. The van der Waals surface area contributed by atoms with Gasteiger partial charge >= 0.3 is 0 Å². The number of hydrogen-bond donors (Lipinski definition) is 1. The molecule has 2 atom stereocenters. The quantitative estimate of drug-likeness (QED) is 0.330. The Hall–Kier alpha value is 0.197. The van der Waals surface area contributed by atoms with Crippen LogP contribution >= 0.6 is 12.6 Å². The first-order chi connectivity index (χ1) is 8.63. The highest BCUT2D eigenvalue weighted by Gasteiger charge is 2.24. The smallest absolute Gasteiger partial charge is 0.242 e. The molecule has 0 bridgehead atoms. The fourth-order valence-corrected chi connectivity index (χ4v) is 3.25. The number of rotatable bonds is 12. The summed E-state index contributed by atoms with van der Waals surface area (Å²) in [4.78, 5) is 11.5. The average Bonchev–Trinajstić information content (AvgIpc) is 2.33. The average molecular weight is 289 g/mol. The topological polar surface area (TPSA) is 26.3 Å². The highest BCUT2D eigenvalue weighted by molar-refractivity contribution is 7.96. The summed E-state index contributed by atoms with van der Waals surface area (Å²) in [6.07, 6.45) is 8.94. The maximum atomic E-state index is 11.5. The van der Waals surface area contributed by atoms with Gasteiger partial charge in [-0.05, 0) is 12.8 Å². The van der Waals surface area contributed by atoms with E-state index < -0.39 is 0 Å². The Kier molecular flexibility index (Phi) is 12.4. The monoisotopic (exact) mass is 288 g/mol. The molecule has 0 rings (SSSR count). The lowest BCUT2D eigenvalue weighted by molar-refractivity contribution is -0.111. The molecule has 0 fully saturated rings. The van der Waals surface area contributed by atoms with Gasteiger partial charge in [-0.1, -0.05) is 58.8 Å². The van der Waals surface area contributed by atoms with Crippen molar-refractivity contribution in [2.45, 2.75) is 71.3 Å². The van der Waals surface area contributed by atoms with E-state index in [2.05, 4.69) is 26.5 Å². The van der Waals surface area contributed by atoms with Crippen molar-refractivity contribution in [1.29, 1.82) is 0 Å². The first kappa shape index (κ1) is 18.2. The molecule has 0 saturated carbocycles. The second kappa shape index (κ2) is 12.2. The Labute approximate surface area is 121 Å². The second-order valence-corrected chi connectivity index (χ2v) is 6.49. The molecule has 2 nitrogen and oxygen atoms in total. The summed E-state index contributed by atoms with van der Waals surface area (Å²) in [7, 11) is 0.270. The van der Waals surface area contributed by atoms with Gasteiger partial charge < -0.3 is 4.43 Å². The minimum absolute atomic E-state index is 0.0103. The zero-order chi connectivity index (χ0) is 13.8. The Balaban J connectivity index is 3.74. The summed E-state index contributed by atoms with van der Waals surface area (Å²) < 4.78 is 5.40. The van der Waals surface area contributed by atoms with E-state index in [1.165, 1.54) is 38.5 Å². The molecule has 0 aliphatic rings. The van der Waals surface area contributed by atoms with Gasteiger partial charge in [-0.25, -0.2) is 0 Å². The standard InChI is InChI=1S/C14H28O2SSi/c1-4-6-7-8-9-10-11-12(3)13(14(15)17)18-16-5-2/h12-13H,4-11H2,1-3H3,(H,15,17). The normalized spacial score (nSPS) is 14.4. The van der Waals surface area contributed by atoms with Crippen molar-refractivity contribution in [3.8, 4) is 0 Å². The Morgan fingerprint density at radius 2 is 1.78 bits per heavy atom. The first-order valence-electron chi connectivity index (χ1n) is 7.23. The maximum absolute atomic E-state index is 11.5. The highest BCUT2D eigenvalue weighted by Crippen LogP contribution is 2.25. The lowest BCUT2D eigenvalue weighted by atomic mass is 9.99. The van der Waals surface area contributed by atoms with Crippen LogP contribution in [0.4, 0.5) is 0 Å². The van der Waals surface area contributed by atoms with Crippen LogP contribution in [0.15, 0.2) is 0 Å². The third kappa shape index (κ3) is 9.17. The molecule has 0 aliphatic heterocycles. The molecular formula is C14H28O2SSi. The molecule has 0 heterocycles. The molecule has 0 saturated heterocycles. The van der Waals surface area contributed by atoms with Gasteiger partial charge in [0.05, 0.1) is 0 Å². The van der Waals surface area contributed by atoms with E-state index in [1.807, 2.05) is 6.92 Å². The van der Waals surface area contributed by atoms with Gasteiger partial charge in [-0.15, -0.1) is 12.6 Å². The van der Waals surface area contributed by atoms with Gasteiger partial charge in [0, 0.05) is 12.1 Å². The molecule has 0 aliphatic carbocycles. The molecule has 0 amide bonds. The van der Waals surface area contributed by atoms with E-state index in [0.717, 1.165) is 6.42 Å². The summed E-state index contributed by atoms with van der Waals surface area (Å²) in [6.45, 7) is 7.03. The van der Waals surface area contributed by atoms with E-state index in [4.69, 9.17) is 4.43 Å². The summed E-state index contributed by atoms with van der Waals surface area (Å²) in [6, 6.07) is 0. The van der Waals surface area contributed by atoms with Crippen LogP contribution in [-0.2, 0) is 9.22 Å². The molecule has 0 aromatic rings. The zero-order valence-electron chi connectivity index (χ0n) is 12.1. The molecule has 0 aromatic carbocycles. The Morgan fingerprint density at radius 1 is 1.17 bits per heavy atom. The highest BCUT2D eigenvalue weighted by atomic mass is 32.1. The molecule has 4 heteroatoms. The van der Waals surface area contributed by atoms with Crippen LogP contribution in [0.1, 0.15) is 65.7 Å². The number of carbonyl (C=O) groups excluding carboxylic acids is 1. The van der Waals surface area contributed by atoms with Gasteiger partial charge in [0.15, 0.2) is 5.12 Å². The third-order valence-electron chi connectivity index (χ3n) is 3.20. The van der Waals surface area contributed by atoms with Crippen molar-refractivity contribution in [3.63, 3.8) is 0 Å². The van der Waals surface area contributed by atoms with Gasteiger partial charge in [0.1, 0.15) is 0 Å². The van der Waals surface area contributed by atoms with Crippen LogP contribution in [0.5, 0.6) is 0 Å². The molecule has 106 valence electrons. The SMILES string of the molecule is CCCCCCCCC(C)C([Si]OCC)C(=O)S. The third-order valence-corrected chi connectivity index (χ3v) is 5.26. The van der Waals surface area contributed by atoms with Crippen LogP contribution < -0.4 is 0 Å². The predicted octanol–water partition coefficient (Wildman–Crippen LogP) is 4.27. The van der Waals surface area contributed by atoms with E-state index >= 15 is 0 Å². The largest absolute Gasteiger partial charge is 0.417 e. The molecule has 2 radical (unpaired) electrons. The molecule has 0 aromatic heterocycles. The summed E-state index contributed by atoms with van der Waals surface area (Å²) in [5.74, 6) is 0.394. The van der Waals surface area contributed by atoms with Crippen LogP contribution in [0.25, 0.3) is 0 Å². The van der Waals surface area contributed by atoms with Crippen molar-refractivity contribution in [2.24, 2.45) is 5.92 Å². The van der Waals surface area contributed by atoms with Gasteiger partial charge in [-0.2, -0.15) is 0 Å². The zero-order valence-corrected chi connectivity index (χ0v) is 14.0. The van der Waals surface area contributed by atoms with Crippen LogP contribution in [0, 0.1) is 5.92 Å². The lowest BCUT2D eigenvalue weighted by Crippen LogP contribution is -2.21. The van der Waals surface area contributed by atoms with Crippen LogP contribution in [0.2, 0.25) is 5.54 Å². The first-order valence-corrected chi connectivity index (χ1v) is 8.66. The van der Waals surface area contributed by atoms with E-state index in [-0.39, 0.29) is 20.4 Å². The van der Waals surface area contributed by atoms with Gasteiger partial charge in [-0.3, -0.25) is 4.79 Å². The summed E-state index contributed by atoms with van der Waals surface area (Å²) >= 11 is 3.98. The fourth-order valence-electron chi connectivity index (χ4n) is 2.00. The maximum Gasteiger partial charge on any atom is 0.242 e. The van der Waals surface area contributed by atoms with E-state index in [1.54, 1.807) is 0 Å². The minimum Gasteiger partial charge on any atom is -0.417 e. The fraction of sp³-hybridized carbons (Fsp3) is 0.929. The molecule has 0 N–H and O–H groups in total. The predicted molar refractivity (Wildman–Crippen MR) is 82.3 cm³/mol. The van der Waals surface area contributed by atoms with E-state index in [9.17, 15) is 4.79 Å². The van der Waals surface area contributed by atoms with Crippen LogP contribution in [-0.4, -0.2) is 21.5 Å². The van der Waals surface area contributed by atoms with Gasteiger partial charge in [0.25, 0.3) is 0 Å². The molecule has 2 unspecified atom stereocenters. The number of thiol groups is 1. The van der Waals surface area contributed by atoms with Crippen molar-refractivity contribution in [1.82, 2.24) is 0 Å². The van der Waals surface area contributed by atoms with Crippen molar-refractivity contribution in [3.05, 3.63) is 0 Å². The Morgan fingerprint density at radius 3 is 2.33 bits per heavy atom. The second-order valence-electron chi connectivity index (χ2n) is 4.90. The number of hydrogen-bond acceptors (Lipinski definition) is 2. The number of carbonyl (C=O) groups is 1. The summed E-state index contributed by atoms with van der Waals surface area (Å²) in [5, 5.41) is -0.0136. The van der Waals surface area contributed by atoms with E-state index in [0.29, 0.717) is 12.5 Å². The Bertz CT molecular complexity index is 212.